The van der Waals surface area contributed by atoms with Crippen LogP contribution in [0.3, 0.4) is 0 Å². The fraction of sp³-hybridized carbons (Fsp3) is 0.0588. The van der Waals surface area contributed by atoms with Crippen molar-refractivity contribution in [2.75, 3.05) is 0 Å². The maximum Gasteiger partial charge on any atom is 0.247 e. The molecule has 0 saturated heterocycles. The first kappa shape index (κ1) is 17.1. The van der Waals surface area contributed by atoms with Gasteiger partial charge in [0.1, 0.15) is 6.33 Å². The van der Waals surface area contributed by atoms with Crippen molar-refractivity contribution in [3.8, 4) is 17.1 Å². The minimum absolute atomic E-state index is 0.452. The van der Waals surface area contributed by atoms with Crippen molar-refractivity contribution in [1.29, 1.82) is 0 Å². The third kappa shape index (κ3) is 3.75. The molecule has 2 aromatic carbocycles. The third-order valence-corrected chi connectivity index (χ3v) is 4.90. The highest BCUT2D eigenvalue weighted by molar-refractivity contribution is 7.98. The van der Waals surface area contributed by atoms with Crippen LogP contribution in [0.2, 0.25) is 10.0 Å². The van der Waals surface area contributed by atoms with E-state index in [0.717, 1.165) is 11.3 Å². The largest absolute Gasteiger partial charge is 0.420 e. The van der Waals surface area contributed by atoms with E-state index in [1.807, 2.05) is 41.0 Å². The van der Waals surface area contributed by atoms with E-state index < -0.39 is 0 Å². The summed E-state index contributed by atoms with van der Waals surface area (Å²) >= 11 is 13.4. The van der Waals surface area contributed by atoms with E-state index in [-0.39, 0.29) is 0 Å². The molecule has 0 saturated carbocycles. The highest BCUT2D eigenvalue weighted by Gasteiger charge is 2.12. The molecule has 0 unspecified atom stereocenters. The molecule has 0 aliphatic heterocycles. The van der Waals surface area contributed by atoms with Crippen LogP contribution in [-0.2, 0) is 5.75 Å². The molecular weight excluding hydrogens is 393 g/mol. The Morgan fingerprint density at radius 3 is 2.62 bits per heavy atom. The van der Waals surface area contributed by atoms with Crippen molar-refractivity contribution in [3.05, 3.63) is 70.8 Å². The standard InChI is InChI=1S/C17H11Cl2N5OS/c18-12-6-4-11(5-7-12)16-22-21-15(25-16)9-26-17-23-20-10-24(17)14-3-1-2-13(19)8-14/h1-8,10H,9H2. The van der Waals surface area contributed by atoms with Gasteiger partial charge in [-0.15, -0.1) is 20.4 Å². The molecule has 0 spiro atoms. The Labute approximate surface area is 163 Å². The van der Waals surface area contributed by atoms with E-state index in [1.54, 1.807) is 18.5 Å². The number of thioether (sulfide) groups is 1. The Morgan fingerprint density at radius 1 is 0.962 bits per heavy atom. The number of rotatable bonds is 5. The number of hydrogen-bond acceptors (Lipinski definition) is 6. The van der Waals surface area contributed by atoms with E-state index in [4.69, 9.17) is 27.6 Å². The first-order valence-electron chi connectivity index (χ1n) is 7.56. The van der Waals surface area contributed by atoms with E-state index in [9.17, 15) is 0 Å². The quantitative estimate of drug-likeness (QED) is 0.440. The van der Waals surface area contributed by atoms with Gasteiger partial charge >= 0.3 is 0 Å². The van der Waals surface area contributed by atoms with Gasteiger partial charge in [-0.05, 0) is 42.5 Å². The Balaban J connectivity index is 1.49. The predicted octanol–water partition coefficient (Wildman–Crippen LogP) is 4.92. The fourth-order valence-electron chi connectivity index (χ4n) is 2.27. The molecule has 9 heteroatoms. The lowest BCUT2D eigenvalue weighted by atomic mass is 10.2. The molecule has 0 aliphatic carbocycles. The maximum atomic E-state index is 6.06. The second-order valence-corrected chi connectivity index (χ2v) is 7.08. The molecule has 26 heavy (non-hydrogen) atoms. The SMILES string of the molecule is Clc1ccc(-c2nnc(CSc3nncn3-c3cccc(Cl)c3)o2)cc1. The molecule has 0 atom stereocenters. The predicted molar refractivity (Wildman–Crippen MR) is 101 cm³/mol. The van der Waals surface area contributed by atoms with E-state index in [1.165, 1.54) is 11.8 Å². The maximum absolute atomic E-state index is 6.06. The van der Waals surface area contributed by atoms with Gasteiger partial charge < -0.3 is 4.42 Å². The zero-order valence-electron chi connectivity index (χ0n) is 13.2. The van der Waals surface area contributed by atoms with Crippen LogP contribution in [0, 0.1) is 0 Å². The zero-order valence-corrected chi connectivity index (χ0v) is 15.5. The lowest BCUT2D eigenvalue weighted by molar-refractivity contribution is 0.528. The number of nitrogens with zero attached hydrogens (tertiary/aromatic N) is 5. The highest BCUT2D eigenvalue weighted by atomic mass is 35.5. The van der Waals surface area contributed by atoms with Crippen LogP contribution >= 0.6 is 35.0 Å². The van der Waals surface area contributed by atoms with Crippen LogP contribution in [0.4, 0.5) is 0 Å². The van der Waals surface area contributed by atoms with Crippen LogP contribution in [0.5, 0.6) is 0 Å². The molecule has 0 aliphatic rings. The summed E-state index contributed by atoms with van der Waals surface area (Å²) in [6.45, 7) is 0. The first-order valence-corrected chi connectivity index (χ1v) is 9.30. The smallest absolute Gasteiger partial charge is 0.247 e. The van der Waals surface area contributed by atoms with E-state index >= 15 is 0 Å². The van der Waals surface area contributed by atoms with Crippen LogP contribution in [0.1, 0.15) is 5.89 Å². The van der Waals surface area contributed by atoms with Crippen molar-refractivity contribution < 1.29 is 4.42 Å². The van der Waals surface area contributed by atoms with Crippen molar-refractivity contribution in [2.24, 2.45) is 0 Å². The summed E-state index contributed by atoms with van der Waals surface area (Å²) in [6, 6.07) is 14.7. The summed E-state index contributed by atoms with van der Waals surface area (Å²) in [5, 5.41) is 18.3. The molecule has 130 valence electrons. The van der Waals surface area contributed by atoms with Gasteiger partial charge in [0.05, 0.1) is 11.4 Å². The number of halogens is 2. The molecule has 0 radical (unpaired) electrons. The van der Waals surface area contributed by atoms with Gasteiger partial charge in [0.2, 0.25) is 11.8 Å². The summed E-state index contributed by atoms with van der Waals surface area (Å²) < 4.78 is 7.56. The molecule has 0 amide bonds. The van der Waals surface area contributed by atoms with Crippen molar-refractivity contribution in [2.45, 2.75) is 10.9 Å². The minimum atomic E-state index is 0.452. The first-order chi connectivity index (χ1) is 12.7. The molecule has 0 fully saturated rings. The molecular formula is C17H11Cl2N5OS. The fourth-order valence-corrected chi connectivity index (χ4v) is 3.35. The molecule has 0 bridgehead atoms. The second kappa shape index (κ2) is 7.49. The molecule has 0 N–H and O–H groups in total. The summed E-state index contributed by atoms with van der Waals surface area (Å²) in [7, 11) is 0. The van der Waals surface area contributed by atoms with Gasteiger partial charge in [-0.2, -0.15) is 0 Å². The molecule has 6 nitrogen and oxygen atoms in total. The average Bonchev–Trinajstić information content (AvgIpc) is 3.30. The zero-order chi connectivity index (χ0) is 17.9. The summed E-state index contributed by atoms with van der Waals surface area (Å²) in [6.07, 6.45) is 1.64. The van der Waals surface area contributed by atoms with Crippen LogP contribution in [0.25, 0.3) is 17.1 Å². The summed E-state index contributed by atoms with van der Waals surface area (Å²) in [5.74, 6) is 1.43. The van der Waals surface area contributed by atoms with Gasteiger partial charge in [0.15, 0.2) is 5.16 Å². The van der Waals surface area contributed by atoms with Crippen molar-refractivity contribution >= 4 is 35.0 Å². The van der Waals surface area contributed by atoms with Crippen LogP contribution in [-0.4, -0.2) is 25.0 Å². The van der Waals surface area contributed by atoms with Crippen LogP contribution in [0.15, 0.2) is 64.4 Å². The second-order valence-electron chi connectivity index (χ2n) is 5.26. The lowest BCUT2D eigenvalue weighted by Crippen LogP contribution is -1.95. The number of benzene rings is 2. The molecule has 2 heterocycles. The Hall–Kier alpha value is -2.35. The Kier molecular flexibility index (Phi) is 4.92. The van der Waals surface area contributed by atoms with E-state index in [0.29, 0.717) is 32.7 Å². The number of aromatic nitrogens is 5. The topological polar surface area (TPSA) is 69.6 Å². The van der Waals surface area contributed by atoms with Crippen molar-refractivity contribution in [3.63, 3.8) is 0 Å². The Morgan fingerprint density at radius 2 is 1.81 bits per heavy atom. The van der Waals surface area contributed by atoms with Gasteiger partial charge in [0, 0.05) is 15.6 Å². The molecule has 2 aromatic heterocycles. The molecule has 4 rings (SSSR count). The van der Waals surface area contributed by atoms with Gasteiger partial charge in [-0.25, -0.2) is 0 Å². The monoisotopic (exact) mass is 403 g/mol. The number of hydrogen-bond donors (Lipinski definition) is 0. The van der Waals surface area contributed by atoms with Gasteiger partial charge in [0.25, 0.3) is 0 Å². The minimum Gasteiger partial charge on any atom is -0.420 e. The summed E-state index contributed by atoms with van der Waals surface area (Å²) in [4.78, 5) is 0. The molecule has 4 aromatic rings. The lowest BCUT2D eigenvalue weighted by Gasteiger charge is -2.05. The third-order valence-electron chi connectivity index (χ3n) is 3.49. The van der Waals surface area contributed by atoms with Gasteiger partial charge in [-0.3, -0.25) is 4.57 Å². The van der Waals surface area contributed by atoms with Crippen LogP contribution < -0.4 is 0 Å². The Bertz CT molecular complexity index is 1030. The van der Waals surface area contributed by atoms with Crippen molar-refractivity contribution in [1.82, 2.24) is 25.0 Å². The van der Waals surface area contributed by atoms with Gasteiger partial charge in [-0.1, -0.05) is 41.0 Å². The average molecular weight is 404 g/mol. The normalized spacial score (nSPS) is 11.0. The summed E-state index contributed by atoms with van der Waals surface area (Å²) in [5.41, 5.74) is 1.71. The van der Waals surface area contributed by atoms with E-state index in [2.05, 4.69) is 20.4 Å². The highest BCUT2D eigenvalue weighted by Crippen LogP contribution is 2.26.